The minimum Gasteiger partial charge on any atom is -0.426 e. The fourth-order valence-corrected chi connectivity index (χ4v) is 2.00. The van der Waals surface area contributed by atoms with Gasteiger partial charge in [0.2, 0.25) is 0 Å². The molecule has 1 aromatic heterocycles. The Morgan fingerprint density at radius 2 is 1.79 bits per heavy atom. The molecule has 3 rings (SSSR count). The molecule has 6 nitrogen and oxygen atoms in total. The van der Waals surface area contributed by atoms with Crippen LogP contribution in [0.15, 0.2) is 48.5 Å². The third-order valence-corrected chi connectivity index (χ3v) is 2.88. The van der Waals surface area contributed by atoms with Gasteiger partial charge in [-0.15, -0.1) is 0 Å². The summed E-state index contributed by atoms with van der Waals surface area (Å²) in [5.41, 5.74) is 1.29. The van der Waals surface area contributed by atoms with Crippen LogP contribution in [0.4, 0.5) is 5.69 Å². The van der Waals surface area contributed by atoms with Crippen molar-refractivity contribution in [3.8, 4) is 11.4 Å². The van der Waals surface area contributed by atoms with E-state index in [0.29, 0.717) is 16.9 Å². The molecule has 0 radical (unpaired) electrons. The summed E-state index contributed by atoms with van der Waals surface area (Å²) in [6, 6.07) is 13.7. The lowest BCUT2D eigenvalue weighted by molar-refractivity contribution is -0.728. The molecule has 0 saturated heterocycles. The van der Waals surface area contributed by atoms with Crippen molar-refractivity contribution >= 4 is 16.7 Å². The highest BCUT2D eigenvalue weighted by Gasteiger charge is 2.23. The summed E-state index contributed by atoms with van der Waals surface area (Å²) in [6.07, 6.45) is 0. The predicted octanol–water partition coefficient (Wildman–Crippen LogP) is 2.74. The van der Waals surface area contributed by atoms with Gasteiger partial charge < -0.3 is 5.21 Å². The number of hydrogen-bond acceptors (Lipinski definition) is 3. The van der Waals surface area contributed by atoms with Crippen molar-refractivity contribution in [3.05, 3.63) is 53.4 Å². The number of hydrogen-bond donors (Lipinski definition) is 2. The van der Waals surface area contributed by atoms with E-state index in [1.807, 2.05) is 18.2 Å². The van der Waals surface area contributed by atoms with E-state index in [0.717, 1.165) is 4.73 Å². The molecule has 3 aromatic rings. The zero-order valence-electron chi connectivity index (χ0n) is 9.76. The van der Waals surface area contributed by atoms with Crippen LogP contribution in [0.1, 0.15) is 0 Å². The van der Waals surface area contributed by atoms with E-state index in [1.54, 1.807) is 24.3 Å². The summed E-state index contributed by atoms with van der Waals surface area (Å²) in [5.74, 6) is 0.310. The first kappa shape index (κ1) is 11.2. The summed E-state index contributed by atoms with van der Waals surface area (Å²) in [6.45, 7) is 0. The Labute approximate surface area is 107 Å². The minimum atomic E-state index is -0.260. The molecule has 0 bridgehead atoms. The molecule has 0 unspecified atom stereocenters. The van der Waals surface area contributed by atoms with E-state index in [4.69, 9.17) is 5.21 Å². The highest BCUT2D eigenvalue weighted by atomic mass is 16.6. The number of benzene rings is 2. The van der Waals surface area contributed by atoms with E-state index in [2.05, 4.69) is 4.98 Å². The predicted molar refractivity (Wildman–Crippen MR) is 67.4 cm³/mol. The van der Waals surface area contributed by atoms with E-state index >= 15 is 0 Å². The number of imidazole rings is 1. The maximum absolute atomic E-state index is 11.1. The lowest BCUT2D eigenvalue weighted by atomic mass is 10.2. The molecule has 0 aliphatic carbocycles. The molecule has 0 saturated carbocycles. The van der Waals surface area contributed by atoms with Crippen LogP contribution in [0, 0.1) is 4.91 Å². The van der Waals surface area contributed by atoms with Crippen molar-refractivity contribution in [2.24, 2.45) is 0 Å². The molecule has 6 heteroatoms. The van der Waals surface area contributed by atoms with E-state index in [9.17, 15) is 10.1 Å². The molecule has 19 heavy (non-hydrogen) atoms. The highest BCUT2D eigenvalue weighted by Crippen LogP contribution is 2.28. The maximum atomic E-state index is 11.1. The van der Waals surface area contributed by atoms with Crippen molar-refractivity contribution in [2.45, 2.75) is 0 Å². The smallest absolute Gasteiger partial charge is 0.344 e. The minimum absolute atomic E-state index is 0.0116. The van der Waals surface area contributed by atoms with Gasteiger partial charge in [-0.25, -0.2) is 10.2 Å². The molecular weight excluding hydrogens is 246 g/mol. The van der Waals surface area contributed by atoms with E-state index < -0.39 is 0 Å². The first-order chi connectivity index (χ1) is 9.18. The van der Waals surface area contributed by atoms with Gasteiger partial charge >= 0.3 is 5.69 Å². The van der Waals surface area contributed by atoms with Crippen LogP contribution in [0.2, 0.25) is 0 Å². The topological polar surface area (TPSA) is 78.4 Å². The third kappa shape index (κ3) is 1.70. The average Bonchev–Trinajstić information content (AvgIpc) is 2.77. The van der Waals surface area contributed by atoms with Crippen LogP contribution in [0.25, 0.3) is 22.4 Å². The van der Waals surface area contributed by atoms with Gasteiger partial charge in [-0.2, -0.15) is 4.73 Å². The second kappa shape index (κ2) is 4.09. The maximum Gasteiger partial charge on any atom is 0.344 e. The molecule has 0 aliphatic heterocycles. The molecular formula is C13H10N3O3+. The molecule has 0 fully saturated rings. The van der Waals surface area contributed by atoms with Crippen molar-refractivity contribution in [2.75, 3.05) is 0 Å². The number of nitrogens with zero attached hydrogens (tertiary/aromatic N) is 3. The summed E-state index contributed by atoms with van der Waals surface area (Å²) >= 11 is 0. The van der Waals surface area contributed by atoms with Gasteiger partial charge in [0, 0.05) is 11.6 Å². The Kier molecular flexibility index (Phi) is 2.42. The second-order valence-electron chi connectivity index (χ2n) is 4.03. The van der Waals surface area contributed by atoms with Gasteiger partial charge in [0.1, 0.15) is 5.52 Å². The van der Waals surface area contributed by atoms with Gasteiger partial charge in [-0.1, -0.05) is 36.4 Å². The zero-order valence-corrected chi connectivity index (χ0v) is 9.76. The Balaban J connectivity index is 2.32. The molecule has 1 heterocycles. The van der Waals surface area contributed by atoms with Gasteiger partial charge in [0.05, 0.1) is 4.91 Å². The van der Waals surface area contributed by atoms with Gasteiger partial charge in [0.15, 0.2) is 11.3 Å². The van der Waals surface area contributed by atoms with Crippen LogP contribution >= 0.6 is 0 Å². The summed E-state index contributed by atoms with van der Waals surface area (Å²) in [7, 11) is 0. The van der Waals surface area contributed by atoms with Gasteiger partial charge in [-0.05, 0) is 6.07 Å². The number of fused-ring (bicyclic) bond motifs is 1. The molecule has 0 aliphatic rings. The largest absolute Gasteiger partial charge is 0.426 e. The summed E-state index contributed by atoms with van der Waals surface area (Å²) in [5, 5.41) is 19.1. The standard InChI is InChI=1S/C13H10N3O3/c17-15-10-7-4-8-11(16(18)19)12(10)14-13(15)9-5-2-1-3-6-9/h1-8,17H,(H,18,19)/q+1. The fraction of sp³-hybridized carbons (Fsp3) is 0. The van der Waals surface area contributed by atoms with Crippen LogP contribution in [-0.4, -0.2) is 25.1 Å². The van der Waals surface area contributed by atoms with Crippen molar-refractivity contribution < 1.29 is 15.3 Å². The van der Waals surface area contributed by atoms with Crippen LogP contribution in [0.5, 0.6) is 0 Å². The number of aromatic nitrogens is 2. The molecule has 0 amide bonds. The van der Waals surface area contributed by atoms with Crippen LogP contribution < -0.4 is 0 Å². The van der Waals surface area contributed by atoms with E-state index in [1.165, 1.54) is 6.07 Å². The van der Waals surface area contributed by atoms with Crippen molar-refractivity contribution in [3.63, 3.8) is 0 Å². The lowest BCUT2D eigenvalue weighted by Crippen LogP contribution is -1.94. The second-order valence-corrected chi connectivity index (χ2v) is 4.03. The normalized spacial score (nSPS) is 10.7. The number of rotatable bonds is 2. The molecule has 0 spiro atoms. The fourth-order valence-electron chi connectivity index (χ4n) is 2.00. The first-order valence-corrected chi connectivity index (χ1v) is 5.61. The highest BCUT2D eigenvalue weighted by molar-refractivity contribution is 5.87. The van der Waals surface area contributed by atoms with E-state index in [-0.39, 0.29) is 16.1 Å². The number of para-hydroxylation sites is 1. The van der Waals surface area contributed by atoms with Gasteiger partial charge in [0.25, 0.3) is 4.92 Å². The van der Waals surface area contributed by atoms with Gasteiger partial charge in [-0.3, -0.25) is 0 Å². The molecule has 2 N–H and O–H groups in total. The average molecular weight is 256 g/mol. The lowest BCUT2D eigenvalue weighted by Gasteiger charge is -1.99. The Morgan fingerprint density at radius 1 is 1.05 bits per heavy atom. The molecule has 0 atom stereocenters. The zero-order chi connectivity index (χ0) is 13.4. The Hall–Kier alpha value is -2.89. The Bertz CT molecular complexity index is 765. The van der Waals surface area contributed by atoms with Crippen molar-refractivity contribution in [1.82, 2.24) is 9.71 Å². The molecule has 2 aromatic carbocycles. The Morgan fingerprint density at radius 3 is 2.47 bits per heavy atom. The quantitative estimate of drug-likeness (QED) is 0.546. The van der Waals surface area contributed by atoms with Crippen LogP contribution in [0.3, 0.4) is 0 Å². The first-order valence-electron chi connectivity index (χ1n) is 5.61. The summed E-state index contributed by atoms with van der Waals surface area (Å²) in [4.78, 5) is 15.0. The summed E-state index contributed by atoms with van der Waals surface area (Å²) < 4.78 is 0.900. The monoisotopic (exact) mass is 256 g/mol. The SMILES string of the molecule is O=[N+](O)c1cccc2c1nc(-c1ccccc1)n2O. The van der Waals surface area contributed by atoms with Crippen LogP contribution in [-0.2, 0) is 0 Å². The third-order valence-electron chi connectivity index (χ3n) is 2.88. The van der Waals surface area contributed by atoms with Crippen molar-refractivity contribution in [1.29, 1.82) is 0 Å². The molecule has 94 valence electrons.